The number of alkyl halides is 3. The van der Waals surface area contributed by atoms with E-state index in [9.17, 15) is 13.2 Å². The lowest BCUT2D eigenvalue weighted by atomic mass is 10.4. The summed E-state index contributed by atoms with van der Waals surface area (Å²) < 4.78 is 31.7. The Hall–Kier alpha value is -1.11. The van der Waals surface area contributed by atoms with Crippen molar-refractivity contribution >= 4 is 24.4 Å². The van der Waals surface area contributed by atoms with E-state index in [1.807, 2.05) is 6.92 Å². The summed E-state index contributed by atoms with van der Waals surface area (Å²) in [6.07, 6.45) is -4.00. The van der Waals surface area contributed by atoms with Crippen LogP contribution in [0, 0.1) is 0 Å². The molecule has 0 spiro atoms. The van der Waals surface area contributed by atoms with E-state index >= 15 is 0 Å². The van der Waals surface area contributed by atoms with Crippen molar-refractivity contribution in [1.82, 2.24) is 4.90 Å². The molecule has 19 heavy (non-hydrogen) atoms. The molecule has 0 amide bonds. The van der Waals surface area contributed by atoms with Crippen LogP contribution < -0.4 is 0 Å². The average Bonchev–Trinajstić information content (AvgIpc) is 2.22. The SMILES string of the molecule is CCN=C=NCCCN(C)C.Cl.O=C(O)C(F)(F)F. The van der Waals surface area contributed by atoms with Gasteiger partial charge in [-0.1, -0.05) is 0 Å². The van der Waals surface area contributed by atoms with Crippen LogP contribution >= 0.6 is 12.4 Å². The van der Waals surface area contributed by atoms with E-state index in [-0.39, 0.29) is 12.4 Å². The average molecular weight is 306 g/mol. The molecule has 114 valence electrons. The van der Waals surface area contributed by atoms with E-state index in [4.69, 9.17) is 9.90 Å². The van der Waals surface area contributed by atoms with Crippen molar-refractivity contribution in [3.05, 3.63) is 0 Å². The van der Waals surface area contributed by atoms with Gasteiger partial charge in [-0.2, -0.15) is 13.2 Å². The van der Waals surface area contributed by atoms with Gasteiger partial charge in [0.1, 0.15) is 0 Å². The molecule has 0 rings (SSSR count). The van der Waals surface area contributed by atoms with Gasteiger partial charge in [-0.05, 0) is 34.0 Å². The molecule has 0 radical (unpaired) electrons. The minimum atomic E-state index is -5.08. The number of aliphatic carboxylic acids is 1. The number of rotatable bonds is 5. The largest absolute Gasteiger partial charge is 0.490 e. The molecule has 0 saturated heterocycles. The molecule has 0 aromatic carbocycles. The second-order valence-corrected chi connectivity index (χ2v) is 3.42. The Balaban J connectivity index is -0.000000280. The topological polar surface area (TPSA) is 65.3 Å². The van der Waals surface area contributed by atoms with Crippen LogP contribution in [0.5, 0.6) is 0 Å². The highest BCUT2D eigenvalue weighted by Gasteiger charge is 2.38. The van der Waals surface area contributed by atoms with Crippen LogP contribution in [-0.4, -0.2) is 61.9 Å². The third-order valence-electron chi connectivity index (χ3n) is 1.42. The number of hydrogen-bond acceptors (Lipinski definition) is 4. The molecule has 5 nitrogen and oxygen atoms in total. The molecule has 0 aromatic heterocycles. The van der Waals surface area contributed by atoms with E-state index in [1.54, 1.807) is 0 Å². The van der Waals surface area contributed by atoms with Crippen LogP contribution in [0.2, 0.25) is 0 Å². The van der Waals surface area contributed by atoms with Gasteiger partial charge in [-0.3, -0.25) is 0 Å². The van der Waals surface area contributed by atoms with E-state index in [1.165, 1.54) is 0 Å². The molecular weight excluding hydrogens is 287 g/mol. The van der Waals surface area contributed by atoms with Gasteiger partial charge < -0.3 is 10.0 Å². The van der Waals surface area contributed by atoms with Gasteiger partial charge >= 0.3 is 12.1 Å². The van der Waals surface area contributed by atoms with Crippen LogP contribution in [0.3, 0.4) is 0 Å². The maximum absolute atomic E-state index is 10.6. The number of aliphatic imine (C=N–C) groups is 2. The quantitative estimate of drug-likeness (QED) is 0.625. The first kappa shape index (κ1) is 23.0. The summed E-state index contributed by atoms with van der Waals surface area (Å²) in [4.78, 5) is 18.9. The van der Waals surface area contributed by atoms with Crippen molar-refractivity contribution in [2.45, 2.75) is 19.5 Å². The summed E-state index contributed by atoms with van der Waals surface area (Å²) in [5, 5.41) is 7.12. The Morgan fingerprint density at radius 1 is 1.32 bits per heavy atom. The highest BCUT2D eigenvalue weighted by Crippen LogP contribution is 2.13. The summed E-state index contributed by atoms with van der Waals surface area (Å²) in [7, 11) is 4.12. The predicted molar refractivity (Wildman–Crippen MR) is 69.4 cm³/mol. The van der Waals surface area contributed by atoms with Crippen molar-refractivity contribution in [2.75, 3.05) is 33.7 Å². The Kier molecular flexibility index (Phi) is 16.1. The molecule has 0 aliphatic carbocycles. The Morgan fingerprint density at radius 3 is 2.11 bits per heavy atom. The van der Waals surface area contributed by atoms with Crippen molar-refractivity contribution < 1.29 is 23.1 Å². The van der Waals surface area contributed by atoms with E-state index in [0.717, 1.165) is 26.1 Å². The van der Waals surface area contributed by atoms with Gasteiger partial charge in [0.2, 0.25) is 0 Å². The number of carbonyl (C=O) groups is 1. The highest BCUT2D eigenvalue weighted by atomic mass is 35.5. The fraction of sp³-hybridized carbons (Fsp3) is 0.800. The van der Waals surface area contributed by atoms with Gasteiger partial charge in [0.05, 0.1) is 12.6 Å². The van der Waals surface area contributed by atoms with Crippen molar-refractivity contribution in [1.29, 1.82) is 0 Å². The second kappa shape index (κ2) is 13.3. The number of hydrogen-bond donors (Lipinski definition) is 1. The Bertz CT molecular complexity index is 290. The fourth-order valence-electron chi connectivity index (χ4n) is 0.637. The molecule has 0 saturated carbocycles. The first-order valence-corrected chi connectivity index (χ1v) is 5.24. The van der Waals surface area contributed by atoms with Gasteiger partial charge in [0, 0.05) is 6.54 Å². The third kappa shape index (κ3) is 22.5. The lowest BCUT2D eigenvalue weighted by Gasteiger charge is -2.05. The molecule has 0 bridgehead atoms. The van der Waals surface area contributed by atoms with Crippen LogP contribution in [0.1, 0.15) is 13.3 Å². The minimum absolute atomic E-state index is 0. The van der Waals surface area contributed by atoms with E-state index < -0.39 is 12.1 Å². The third-order valence-corrected chi connectivity index (χ3v) is 1.42. The van der Waals surface area contributed by atoms with Crippen molar-refractivity contribution in [3.63, 3.8) is 0 Å². The zero-order chi connectivity index (χ0) is 14.6. The number of carboxylic acids is 1. The fourth-order valence-corrected chi connectivity index (χ4v) is 0.637. The monoisotopic (exact) mass is 305 g/mol. The van der Waals surface area contributed by atoms with E-state index in [0.29, 0.717) is 0 Å². The normalized spacial score (nSPS) is 9.63. The number of carboxylic acid groups (broad SMARTS) is 1. The Labute approximate surface area is 116 Å². The molecule has 0 aliphatic rings. The standard InChI is InChI=1S/C8H17N3.C2HF3O2.ClH/c1-4-9-8-10-6-5-7-11(2)3;3-2(4,5)1(6)7;/h4-7H2,1-3H3;(H,6,7);1H. The van der Waals surface area contributed by atoms with Crippen LogP contribution in [0.25, 0.3) is 0 Å². The number of halogens is 4. The maximum atomic E-state index is 10.6. The maximum Gasteiger partial charge on any atom is 0.490 e. The molecule has 0 unspecified atom stereocenters. The summed E-state index contributed by atoms with van der Waals surface area (Å²) in [5.74, 6) is -2.76. The molecule has 0 aromatic rings. The van der Waals surface area contributed by atoms with Gasteiger partial charge in [0.15, 0.2) is 0 Å². The Morgan fingerprint density at radius 2 is 1.79 bits per heavy atom. The first-order chi connectivity index (χ1) is 8.21. The molecule has 9 heteroatoms. The number of nitrogens with zero attached hydrogens (tertiary/aromatic N) is 3. The summed E-state index contributed by atoms with van der Waals surface area (Å²) in [5.41, 5.74) is 0. The van der Waals surface area contributed by atoms with E-state index in [2.05, 4.69) is 35.0 Å². The van der Waals surface area contributed by atoms with Gasteiger partial charge in [-0.25, -0.2) is 14.8 Å². The first-order valence-electron chi connectivity index (χ1n) is 5.24. The van der Waals surface area contributed by atoms with Crippen LogP contribution in [0.4, 0.5) is 13.2 Å². The molecule has 0 fully saturated rings. The summed E-state index contributed by atoms with van der Waals surface area (Å²) in [6.45, 7) is 4.67. The lowest BCUT2D eigenvalue weighted by molar-refractivity contribution is -0.192. The molecule has 0 heterocycles. The summed E-state index contributed by atoms with van der Waals surface area (Å²) in [6, 6.07) is 2.64. The molecule has 0 aliphatic heterocycles. The van der Waals surface area contributed by atoms with Crippen LogP contribution in [0.15, 0.2) is 9.98 Å². The van der Waals surface area contributed by atoms with Crippen molar-refractivity contribution in [2.24, 2.45) is 9.98 Å². The molecule has 0 atom stereocenters. The van der Waals surface area contributed by atoms with Gasteiger partial charge in [0.25, 0.3) is 0 Å². The molecular formula is C10H19ClF3N3O2. The zero-order valence-corrected chi connectivity index (χ0v) is 11.9. The zero-order valence-electron chi connectivity index (χ0n) is 11.1. The van der Waals surface area contributed by atoms with Crippen molar-refractivity contribution in [3.8, 4) is 0 Å². The van der Waals surface area contributed by atoms with Crippen LogP contribution in [-0.2, 0) is 4.79 Å². The molecule has 1 N–H and O–H groups in total. The summed E-state index contributed by atoms with van der Waals surface area (Å²) >= 11 is 0. The smallest absolute Gasteiger partial charge is 0.475 e. The predicted octanol–water partition coefficient (Wildman–Crippen LogP) is 2.19. The highest BCUT2D eigenvalue weighted by molar-refractivity contribution is 5.85. The second-order valence-electron chi connectivity index (χ2n) is 3.42. The van der Waals surface area contributed by atoms with Gasteiger partial charge in [-0.15, -0.1) is 12.4 Å². The lowest BCUT2D eigenvalue weighted by Crippen LogP contribution is -2.21. The minimum Gasteiger partial charge on any atom is -0.475 e.